The van der Waals surface area contributed by atoms with Gasteiger partial charge in [0.25, 0.3) is 0 Å². The molecule has 0 aromatic heterocycles. The summed E-state index contributed by atoms with van der Waals surface area (Å²) >= 11 is 5.85. The van der Waals surface area contributed by atoms with Gasteiger partial charge in [0.15, 0.2) is 11.6 Å². The molecule has 0 amide bonds. The van der Waals surface area contributed by atoms with Crippen molar-refractivity contribution in [2.45, 2.75) is 12.5 Å². The van der Waals surface area contributed by atoms with Crippen LogP contribution in [0, 0.1) is 0 Å². The second-order valence-electron chi connectivity index (χ2n) is 6.99. The van der Waals surface area contributed by atoms with Crippen molar-refractivity contribution in [1.82, 2.24) is 0 Å². The molecule has 0 fully saturated rings. The van der Waals surface area contributed by atoms with E-state index in [0.29, 0.717) is 5.02 Å². The Bertz CT molecular complexity index is 1190. The van der Waals surface area contributed by atoms with E-state index in [1.54, 1.807) is 36.4 Å². The molecule has 5 nitrogen and oxygen atoms in total. The van der Waals surface area contributed by atoms with Crippen LogP contribution in [0.2, 0.25) is 5.02 Å². The van der Waals surface area contributed by atoms with Gasteiger partial charge >= 0.3 is 0 Å². The number of rotatable bonds is 4. The maximum atomic E-state index is 12.9. The summed E-state index contributed by atoms with van der Waals surface area (Å²) in [5.41, 5.74) is 0.648. The minimum atomic E-state index is -1.19. The zero-order valence-electron chi connectivity index (χ0n) is 15.7. The fraction of sp³-hybridized carbons (Fsp3) is 0.0833. The molecule has 6 heteroatoms. The van der Waals surface area contributed by atoms with Gasteiger partial charge in [-0.05, 0) is 30.2 Å². The fourth-order valence-electron chi connectivity index (χ4n) is 3.57. The molecule has 4 rings (SSSR count). The maximum Gasteiger partial charge on any atom is 0.198 e. The van der Waals surface area contributed by atoms with Crippen LogP contribution in [-0.4, -0.2) is 26.9 Å². The van der Waals surface area contributed by atoms with Crippen molar-refractivity contribution in [2.24, 2.45) is 0 Å². The van der Waals surface area contributed by atoms with E-state index in [0.717, 1.165) is 11.6 Å². The van der Waals surface area contributed by atoms with Crippen LogP contribution in [0.15, 0.2) is 60.7 Å². The Morgan fingerprint density at radius 3 is 2.13 bits per heavy atom. The quantitative estimate of drug-likeness (QED) is 0.417. The van der Waals surface area contributed by atoms with Crippen LogP contribution in [0.1, 0.15) is 55.5 Å². The van der Waals surface area contributed by atoms with Gasteiger partial charge in [-0.25, -0.2) is 0 Å². The first kappa shape index (κ1) is 19.9. The molecule has 1 unspecified atom stereocenters. The summed E-state index contributed by atoms with van der Waals surface area (Å²) < 4.78 is 0. The molecular formula is C24H17ClO5. The summed E-state index contributed by atoms with van der Waals surface area (Å²) in [5, 5.41) is 32.3. The molecule has 3 aromatic carbocycles. The first-order valence-corrected chi connectivity index (χ1v) is 9.63. The van der Waals surface area contributed by atoms with Crippen molar-refractivity contribution >= 4 is 29.2 Å². The van der Waals surface area contributed by atoms with Gasteiger partial charge in [-0.1, -0.05) is 60.2 Å². The van der Waals surface area contributed by atoms with Gasteiger partial charge in [-0.3, -0.25) is 9.59 Å². The van der Waals surface area contributed by atoms with Crippen molar-refractivity contribution in [3.05, 3.63) is 99.1 Å². The molecule has 0 aliphatic heterocycles. The first-order chi connectivity index (χ1) is 14.4. The fourth-order valence-corrected chi connectivity index (χ4v) is 3.69. The minimum absolute atomic E-state index is 0.0208. The number of hydrogen-bond donors (Lipinski definition) is 3. The van der Waals surface area contributed by atoms with Crippen LogP contribution in [0.25, 0.3) is 6.08 Å². The SMILES string of the molecule is O=C1c2ccccc2C(=O)c2c(O)c(C(O)C/C=C/c3ccc(Cl)cc3)cc(O)c21. The highest BCUT2D eigenvalue weighted by Gasteiger charge is 2.36. The van der Waals surface area contributed by atoms with Crippen molar-refractivity contribution < 1.29 is 24.9 Å². The number of phenolic OH excluding ortho intramolecular Hbond substituents is 2. The monoisotopic (exact) mass is 420 g/mol. The second-order valence-corrected chi connectivity index (χ2v) is 7.43. The van der Waals surface area contributed by atoms with Crippen LogP contribution in [0.4, 0.5) is 0 Å². The van der Waals surface area contributed by atoms with E-state index < -0.39 is 29.2 Å². The smallest absolute Gasteiger partial charge is 0.198 e. The van der Waals surface area contributed by atoms with Crippen molar-refractivity contribution in [1.29, 1.82) is 0 Å². The Balaban J connectivity index is 1.67. The van der Waals surface area contributed by atoms with Crippen molar-refractivity contribution in [3.63, 3.8) is 0 Å². The predicted octanol–water partition coefficient (Wildman–Crippen LogP) is 4.66. The van der Waals surface area contributed by atoms with Gasteiger partial charge in [0.2, 0.25) is 0 Å². The van der Waals surface area contributed by atoms with E-state index in [4.69, 9.17) is 11.6 Å². The first-order valence-electron chi connectivity index (χ1n) is 9.26. The van der Waals surface area contributed by atoms with Gasteiger partial charge < -0.3 is 15.3 Å². The highest BCUT2D eigenvalue weighted by molar-refractivity contribution is 6.31. The highest BCUT2D eigenvalue weighted by atomic mass is 35.5. The Kier molecular flexibility index (Phi) is 5.16. The lowest BCUT2D eigenvalue weighted by atomic mass is 9.81. The number of halogens is 1. The number of aliphatic hydroxyl groups excluding tert-OH is 1. The number of carbonyl (C=O) groups excluding carboxylic acids is 2. The van der Waals surface area contributed by atoms with Crippen molar-refractivity contribution in [2.75, 3.05) is 0 Å². The number of benzene rings is 3. The summed E-state index contributed by atoms with van der Waals surface area (Å²) in [6, 6.07) is 14.5. The normalized spacial score (nSPS) is 13.9. The average molecular weight is 421 g/mol. The molecular weight excluding hydrogens is 404 g/mol. The molecule has 1 aliphatic carbocycles. The zero-order chi connectivity index (χ0) is 21.4. The molecule has 150 valence electrons. The van der Waals surface area contributed by atoms with E-state index >= 15 is 0 Å². The maximum absolute atomic E-state index is 12.9. The summed E-state index contributed by atoms with van der Waals surface area (Å²) in [7, 11) is 0. The van der Waals surface area contributed by atoms with E-state index in [9.17, 15) is 24.9 Å². The lowest BCUT2D eigenvalue weighted by molar-refractivity contribution is 0.0973. The number of hydrogen-bond acceptors (Lipinski definition) is 5. The van der Waals surface area contributed by atoms with E-state index in [1.807, 2.05) is 12.1 Å². The number of carbonyl (C=O) groups is 2. The van der Waals surface area contributed by atoms with Crippen LogP contribution in [0.5, 0.6) is 11.5 Å². The van der Waals surface area contributed by atoms with Crippen LogP contribution < -0.4 is 0 Å². The summed E-state index contributed by atoms with van der Waals surface area (Å²) in [4.78, 5) is 25.7. The van der Waals surface area contributed by atoms with Gasteiger partial charge in [0.05, 0.1) is 17.2 Å². The minimum Gasteiger partial charge on any atom is -0.507 e. The highest BCUT2D eigenvalue weighted by Crippen LogP contribution is 2.42. The molecule has 0 spiro atoms. The average Bonchev–Trinajstić information content (AvgIpc) is 2.74. The molecule has 0 heterocycles. The van der Waals surface area contributed by atoms with Crippen LogP contribution in [0.3, 0.4) is 0 Å². The molecule has 3 N–H and O–H groups in total. The summed E-state index contributed by atoms with van der Waals surface area (Å²) in [6.07, 6.45) is 2.41. The number of phenols is 2. The molecule has 0 saturated carbocycles. The second kappa shape index (κ2) is 7.78. The molecule has 1 aliphatic rings. The van der Waals surface area contributed by atoms with Gasteiger partial charge in [-0.15, -0.1) is 0 Å². The number of aliphatic hydroxyl groups is 1. The Hall–Kier alpha value is -3.41. The summed E-state index contributed by atoms with van der Waals surface area (Å²) in [6.45, 7) is 0. The Morgan fingerprint density at radius 1 is 0.900 bits per heavy atom. The third-order valence-corrected chi connectivity index (χ3v) is 5.33. The Labute approximate surface area is 177 Å². The third kappa shape index (κ3) is 3.38. The lowest BCUT2D eigenvalue weighted by Crippen LogP contribution is -2.22. The number of ketones is 2. The van der Waals surface area contributed by atoms with Crippen molar-refractivity contribution in [3.8, 4) is 11.5 Å². The number of fused-ring (bicyclic) bond motifs is 2. The molecule has 1 atom stereocenters. The van der Waals surface area contributed by atoms with Crippen LogP contribution >= 0.6 is 11.6 Å². The molecule has 0 radical (unpaired) electrons. The lowest BCUT2D eigenvalue weighted by Gasteiger charge is -2.22. The zero-order valence-corrected chi connectivity index (χ0v) is 16.4. The largest absolute Gasteiger partial charge is 0.507 e. The van der Waals surface area contributed by atoms with Gasteiger partial charge in [0, 0.05) is 21.7 Å². The van der Waals surface area contributed by atoms with Gasteiger partial charge in [0.1, 0.15) is 11.5 Å². The van der Waals surface area contributed by atoms with E-state index in [-0.39, 0.29) is 34.2 Å². The van der Waals surface area contributed by atoms with Gasteiger partial charge in [-0.2, -0.15) is 0 Å². The molecule has 30 heavy (non-hydrogen) atoms. The van der Waals surface area contributed by atoms with Crippen LogP contribution in [-0.2, 0) is 0 Å². The molecule has 0 bridgehead atoms. The van der Waals surface area contributed by atoms with E-state index in [2.05, 4.69) is 0 Å². The topological polar surface area (TPSA) is 94.8 Å². The third-order valence-electron chi connectivity index (χ3n) is 5.08. The molecule has 3 aromatic rings. The molecule has 0 saturated heterocycles. The standard InChI is InChI=1S/C24H17ClO5/c25-14-10-8-13(9-11-14)4-3-7-18(26)17-12-19(27)20-21(24(17)30)23(29)16-6-2-1-5-15(16)22(20)28/h1-6,8-12,18,26-27,30H,7H2/b4-3+. The van der Waals surface area contributed by atoms with E-state index in [1.165, 1.54) is 12.1 Å². The Morgan fingerprint density at radius 2 is 1.50 bits per heavy atom. The predicted molar refractivity (Wildman–Crippen MR) is 113 cm³/mol. The summed E-state index contributed by atoms with van der Waals surface area (Å²) in [5.74, 6) is -2.06. The number of aromatic hydroxyl groups is 2.